The number of nitrogens with zero attached hydrogens (tertiary/aromatic N) is 2. The van der Waals surface area contributed by atoms with Crippen molar-refractivity contribution in [3.05, 3.63) is 75.8 Å². The van der Waals surface area contributed by atoms with Crippen molar-refractivity contribution in [3.63, 3.8) is 0 Å². The Morgan fingerprint density at radius 2 is 1.80 bits per heavy atom. The van der Waals surface area contributed by atoms with Gasteiger partial charge in [0, 0.05) is 6.92 Å². The Kier molecular flexibility index (Phi) is 6.67. The summed E-state index contributed by atoms with van der Waals surface area (Å²) in [7, 11) is 0. The number of nitrogens with one attached hydrogen (secondary N) is 1. The molecule has 0 fully saturated rings. The largest absolute Gasteiger partial charge is 0.489 e. The molecule has 0 radical (unpaired) electrons. The minimum absolute atomic E-state index is 0.0164. The lowest BCUT2D eigenvalue weighted by molar-refractivity contribution is 0.102. The molecule has 0 aliphatic carbocycles. The summed E-state index contributed by atoms with van der Waals surface area (Å²) in [6, 6.07) is 16.3. The van der Waals surface area contributed by atoms with Gasteiger partial charge in [-0.25, -0.2) is 4.98 Å². The van der Waals surface area contributed by atoms with Crippen LogP contribution in [0, 0.1) is 6.92 Å². The molecular weight excluding hydrogens is 394 g/mol. The smallest absolute Gasteiger partial charge is 0.204 e. The van der Waals surface area contributed by atoms with Gasteiger partial charge < -0.3 is 4.74 Å². The summed E-state index contributed by atoms with van der Waals surface area (Å²) in [6.45, 7) is 10.5. The third-order valence-corrected chi connectivity index (χ3v) is 5.76. The van der Waals surface area contributed by atoms with E-state index in [0.717, 1.165) is 22.6 Å². The Balaban J connectivity index is 1.53. The molecule has 0 atom stereocenters. The van der Waals surface area contributed by atoms with Gasteiger partial charge in [0.2, 0.25) is 5.13 Å². The molecule has 0 saturated carbocycles. The second-order valence-electron chi connectivity index (χ2n) is 8.16. The zero-order valence-electron chi connectivity index (χ0n) is 18.0. The van der Waals surface area contributed by atoms with Crippen molar-refractivity contribution in [2.75, 3.05) is 5.43 Å². The highest BCUT2D eigenvalue weighted by atomic mass is 32.1. The number of hydrogen-bond acceptors (Lipinski definition) is 6. The van der Waals surface area contributed by atoms with Gasteiger partial charge in [-0.1, -0.05) is 56.4 Å². The Bertz CT molecular complexity index is 1030. The quantitative estimate of drug-likeness (QED) is 0.290. The standard InChI is InChI=1S/C24H27N3O2S/c1-16-22(17(2)28)30-23(26-16)27-25-14-18-8-12-21(13-9-18)29-15-19-6-10-20(11-7-19)24(3,4)5/h6-14H,15H2,1-5H3,(H,26,27)/b25-14+. The summed E-state index contributed by atoms with van der Waals surface area (Å²) in [5, 5.41) is 4.80. The molecule has 0 bridgehead atoms. The number of hydrogen-bond donors (Lipinski definition) is 1. The number of carbonyl (C=O) groups is 1. The van der Waals surface area contributed by atoms with E-state index in [2.05, 4.69) is 60.5 Å². The van der Waals surface area contributed by atoms with Crippen LogP contribution in [0.2, 0.25) is 0 Å². The zero-order valence-corrected chi connectivity index (χ0v) is 18.8. The number of ketones is 1. The van der Waals surface area contributed by atoms with Crippen LogP contribution in [0.5, 0.6) is 5.75 Å². The maximum atomic E-state index is 11.5. The van der Waals surface area contributed by atoms with E-state index in [0.29, 0.717) is 16.6 Å². The maximum absolute atomic E-state index is 11.5. The predicted molar refractivity (Wildman–Crippen MR) is 124 cm³/mol. The number of benzene rings is 2. The number of ether oxygens (including phenoxy) is 1. The molecule has 0 unspecified atom stereocenters. The molecule has 0 spiro atoms. The molecule has 6 heteroatoms. The average Bonchev–Trinajstić information content (AvgIpc) is 3.08. The van der Waals surface area contributed by atoms with Gasteiger partial charge >= 0.3 is 0 Å². The predicted octanol–water partition coefficient (Wildman–Crippen LogP) is 5.98. The summed E-state index contributed by atoms with van der Waals surface area (Å²) >= 11 is 1.31. The average molecular weight is 422 g/mol. The number of aromatic nitrogens is 1. The number of Topliss-reactive ketones (excluding diaryl/α,β-unsaturated/α-hetero) is 1. The number of carbonyl (C=O) groups excluding carboxylic acids is 1. The van der Waals surface area contributed by atoms with Gasteiger partial charge in [-0.05, 0) is 53.3 Å². The van der Waals surface area contributed by atoms with Gasteiger partial charge in [0.1, 0.15) is 12.4 Å². The fourth-order valence-electron chi connectivity index (χ4n) is 2.85. The van der Waals surface area contributed by atoms with Gasteiger partial charge in [-0.3, -0.25) is 10.2 Å². The fraction of sp³-hybridized carbons (Fsp3) is 0.292. The van der Waals surface area contributed by atoms with Crippen molar-refractivity contribution in [1.29, 1.82) is 0 Å². The number of thiazole rings is 1. The van der Waals surface area contributed by atoms with Gasteiger partial charge in [0.15, 0.2) is 5.78 Å². The van der Waals surface area contributed by atoms with Gasteiger partial charge in [0.25, 0.3) is 0 Å². The first-order chi connectivity index (χ1) is 14.2. The van der Waals surface area contributed by atoms with Crippen LogP contribution in [0.25, 0.3) is 0 Å². The fourth-order valence-corrected chi connectivity index (χ4v) is 3.66. The van der Waals surface area contributed by atoms with Crippen LogP contribution in [0.4, 0.5) is 5.13 Å². The lowest BCUT2D eigenvalue weighted by Gasteiger charge is -2.19. The number of rotatable bonds is 7. The third-order valence-electron chi connectivity index (χ3n) is 4.60. The summed E-state index contributed by atoms with van der Waals surface area (Å²) in [5.41, 5.74) is 7.14. The molecule has 1 heterocycles. The van der Waals surface area contributed by atoms with E-state index in [1.165, 1.54) is 23.8 Å². The molecule has 156 valence electrons. The van der Waals surface area contributed by atoms with E-state index in [4.69, 9.17) is 4.74 Å². The highest BCUT2D eigenvalue weighted by Crippen LogP contribution is 2.24. The van der Waals surface area contributed by atoms with Gasteiger partial charge in [0.05, 0.1) is 16.8 Å². The van der Waals surface area contributed by atoms with Crippen LogP contribution in [0.3, 0.4) is 0 Å². The Hall–Kier alpha value is -2.99. The van der Waals surface area contributed by atoms with Crippen molar-refractivity contribution in [2.24, 2.45) is 5.10 Å². The van der Waals surface area contributed by atoms with E-state index < -0.39 is 0 Å². The molecule has 0 saturated heterocycles. The van der Waals surface area contributed by atoms with Crippen molar-refractivity contribution in [3.8, 4) is 5.75 Å². The monoisotopic (exact) mass is 421 g/mol. The number of aryl methyl sites for hydroxylation is 1. The SMILES string of the molecule is CC(=O)c1sc(N/N=C/c2ccc(OCc3ccc(C(C)(C)C)cc3)cc2)nc1C. The van der Waals surface area contributed by atoms with Crippen LogP contribution < -0.4 is 10.2 Å². The second-order valence-corrected chi connectivity index (χ2v) is 9.16. The maximum Gasteiger partial charge on any atom is 0.204 e. The first-order valence-corrected chi connectivity index (χ1v) is 10.6. The Morgan fingerprint density at radius 3 is 2.37 bits per heavy atom. The molecular formula is C24H27N3O2S. The summed E-state index contributed by atoms with van der Waals surface area (Å²) in [6.07, 6.45) is 1.71. The molecule has 0 aliphatic heterocycles. The van der Waals surface area contributed by atoms with E-state index in [9.17, 15) is 4.79 Å². The highest BCUT2D eigenvalue weighted by molar-refractivity contribution is 7.17. The first kappa shape index (κ1) is 21.7. The van der Waals surface area contributed by atoms with Crippen LogP contribution in [-0.2, 0) is 12.0 Å². The van der Waals surface area contributed by atoms with E-state index in [-0.39, 0.29) is 11.2 Å². The molecule has 5 nitrogen and oxygen atoms in total. The lowest BCUT2D eigenvalue weighted by Crippen LogP contribution is -2.10. The summed E-state index contributed by atoms with van der Waals surface area (Å²) in [5.74, 6) is 0.824. The van der Waals surface area contributed by atoms with Gasteiger partial charge in [-0.15, -0.1) is 0 Å². The molecule has 0 amide bonds. The molecule has 30 heavy (non-hydrogen) atoms. The Labute approximate surface area is 181 Å². The Morgan fingerprint density at radius 1 is 1.13 bits per heavy atom. The minimum Gasteiger partial charge on any atom is -0.489 e. The van der Waals surface area contributed by atoms with Crippen molar-refractivity contribution in [2.45, 2.75) is 46.6 Å². The van der Waals surface area contributed by atoms with Crippen LogP contribution >= 0.6 is 11.3 Å². The normalized spacial score (nSPS) is 11.6. The van der Waals surface area contributed by atoms with Crippen molar-refractivity contribution in [1.82, 2.24) is 4.98 Å². The third kappa shape index (κ3) is 5.76. The molecule has 0 aliphatic rings. The molecule has 3 rings (SSSR count). The van der Waals surface area contributed by atoms with Crippen molar-refractivity contribution >= 4 is 28.5 Å². The summed E-state index contributed by atoms with van der Waals surface area (Å²) in [4.78, 5) is 16.5. The zero-order chi connectivity index (χ0) is 21.7. The lowest BCUT2D eigenvalue weighted by atomic mass is 9.87. The van der Waals surface area contributed by atoms with Crippen LogP contribution in [0.15, 0.2) is 53.6 Å². The minimum atomic E-state index is 0.0164. The number of hydrazone groups is 1. The van der Waals surface area contributed by atoms with Crippen LogP contribution in [-0.4, -0.2) is 17.0 Å². The molecule has 1 aromatic heterocycles. The van der Waals surface area contributed by atoms with Gasteiger partial charge in [-0.2, -0.15) is 5.10 Å². The van der Waals surface area contributed by atoms with E-state index in [1.54, 1.807) is 6.21 Å². The molecule has 2 aromatic carbocycles. The van der Waals surface area contributed by atoms with E-state index >= 15 is 0 Å². The molecule has 3 aromatic rings. The second kappa shape index (κ2) is 9.22. The van der Waals surface area contributed by atoms with Crippen LogP contribution in [0.1, 0.15) is 59.8 Å². The summed E-state index contributed by atoms with van der Waals surface area (Å²) < 4.78 is 5.88. The first-order valence-electron chi connectivity index (χ1n) is 9.82. The van der Waals surface area contributed by atoms with E-state index in [1.807, 2.05) is 31.2 Å². The number of anilines is 1. The topological polar surface area (TPSA) is 63.6 Å². The highest BCUT2D eigenvalue weighted by Gasteiger charge is 2.13. The van der Waals surface area contributed by atoms with Crippen molar-refractivity contribution < 1.29 is 9.53 Å². The molecule has 1 N–H and O–H groups in total.